The van der Waals surface area contributed by atoms with Crippen molar-refractivity contribution in [2.45, 2.75) is 13.5 Å². The van der Waals surface area contributed by atoms with E-state index in [1.807, 2.05) is 29.8 Å². The third kappa shape index (κ3) is 3.00. The van der Waals surface area contributed by atoms with E-state index >= 15 is 0 Å². The summed E-state index contributed by atoms with van der Waals surface area (Å²) < 4.78 is 1.86. The maximum absolute atomic E-state index is 12.2. The normalized spacial score (nSPS) is 10.5. The van der Waals surface area contributed by atoms with Crippen molar-refractivity contribution in [3.05, 3.63) is 60.2 Å². The third-order valence-corrected chi connectivity index (χ3v) is 3.30. The molecule has 8 nitrogen and oxygen atoms in total. The Hall–Kier alpha value is -3.29. The van der Waals surface area contributed by atoms with Gasteiger partial charge in [0.1, 0.15) is 11.6 Å². The molecule has 1 amide bonds. The number of carbonyl (C=O) groups is 1. The molecule has 0 bridgehead atoms. The first-order chi connectivity index (χ1) is 11.2. The number of aromatic nitrogens is 5. The first-order valence-corrected chi connectivity index (χ1v) is 6.95. The Morgan fingerprint density at radius 3 is 2.74 bits per heavy atom. The summed E-state index contributed by atoms with van der Waals surface area (Å²) in [7, 11) is 0. The molecule has 0 fully saturated rings. The lowest BCUT2D eigenvalue weighted by atomic mass is 10.2. The number of nitrogens with zero attached hydrogens (tertiary/aromatic N) is 5. The molecule has 3 aromatic rings. The average Bonchev–Trinajstić information content (AvgIpc) is 2.99. The first kappa shape index (κ1) is 14.6. The summed E-state index contributed by atoms with van der Waals surface area (Å²) in [5.41, 5.74) is 6.62. The number of imidazole rings is 1. The van der Waals surface area contributed by atoms with Crippen molar-refractivity contribution >= 4 is 11.7 Å². The van der Waals surface area contributed by atoms with E-state index in [-0.39, 0.29) is 24.0 Å². The summed E-state index contributed by atoms with van der Waals surface area (Å²) in [6.45, 7) is 2.17. The summed E-state index contributed by atoms with van der Waals surface area (Å²) in [4.78, 5) is 28.5. The number of hydrogen-bond donors (Lipinski definition) is 2. The molecule has 0 unspecified atom stereocenters. The van der Waals surface area contributed by atoms with Gasteiger partial charge in [-0.25, -0.2) is 19.9 Å². The summed E-state index contributed by atoms with van der Waals surface area (Å²) in [5, 5.41) is 2.78. The molecular formula is C15H15N7O. The second-order valence-electron chi connectivity index (χ2n) is 4.80. The Bertz CT molecular complexity index is 843. The number of nitrogens with one attached hydrogen (secondary N) is 1. The molecule has 0 spiro atoms. The molecule has 0 aliphatic carbocycles. The molecule has 0 aromatic carbocycles. The van der Waals surface area contributed by atoms with Crippen LogP contribution in [-0.2, 0) is 6.54 Å². The van der Waals surface area contributed by atoms with Crippen LogP contribution in [0.25, 0.3) is 5.82 Å². The molecule has 3 heterocycles. The van der Waals surface area contributed by atoms with Crippen LogP contribution in [0.4, 0.5) is 5.82 Å². The number of nitrogens with two attached hydrogens (primary N) is 1. The fraction of sp³-hybridized carbons (Fsp3) is 0.133. The number of pyridine rings is 1. The van der Waals surface area contributed by atoms with E-state index in [4.69, 9.17) is 5.73 Å². The molecule has 3 aromatic heterocycles. The van der Waals surface area contributed by atoms with Gasteiger partial charge in [-0.15, -0.1) is 0 Å². The molecule has 0 aliphatic rings. The van der Waals surface area contributed by atoms with E-state index < -0.39 is 0 Å². The predicted molar refractivity (Wildman–Crippen MR) is 83.7 cm³/mol. The number of rotatable bonds is 4. The van der Waals surface area contributed by atoms with Gasteiger partial charge in [-0.3, -0.25) is 9.36 Å². The molecule has 0 saturated carbocycles. The van der Waals surface area contributed by atoms with Gasteiger partial charge in [0.15, 0.2) is 11.5 Å². The summed E-state index contributed by atoms with van der Waals surface area (Å²) in [6, 6.07) is 3.70. The highest BCUT2D eigenvalue weighted by Gasteiger charge is 2.13. The highest BCUT2D eigenvalue weighted by molar-refractivity contribution is 5.96. The van der Waals surface area contributed by atoms with Crippen molar-refractivity contribution in [3.63, 3.8) is 0 Å². The minimum atomic E-state index is -0.382. The zero-order valence-electron chi connectivity index (χ0n) is 12.5. The van der Waals surface area contributed by atoms with Crippen molar-refractivity contribution in [2.75, 3.05) is 5.73 Å². The number of amides is 1. The number of anilines is 1. The standard InChI is InChI=1S/C15H15N7O/c1-10-17-7-8-22(10)14-11(3-2-4-20-14)9-21-15(23)12-13(16)19-6-5-18-12/h2-8H,9H2,1H3,(H2,16,19)(H,21,23). The Morgan fingerprint density at radius 2 is 2.00 bits per heavy atom. The lowest BCUT2D eigenvalue weighted by molar-refractivity contribution is 0.0946. The van der Waals surface area contributed by atoms with Gasteiger partial charge in [-0.1, -0.05) is 6.07 Å². The van der Waals surface area contributed by atoms with E-state index in [2.05, 4.69) is 25.3 Å². The monoisotopic (exact) mass is 309 g/mol. The van der Waals surface area contributed by atoms with Crippen LogP contribution < -0.4 is 11.1 Å². The Morgan fingerprint density at radius 1 is 1.17 bits per heavy atom. The van der Waals surface area contributed by atoms with Gasteiger partial charge in [0.25, 0.3) is 5.91 Å². The van der Waals surface area contributed by atoms with E-state index in [0.29, 0.717) is 0 Å². The van der Waals surface area contributed by atoms with Crippen LogP contribution >= 0.6 is 0 Å². The summed E-state index contributed by atoms with van der Waals surface area (Å²) in [5.74, 6) is 1.25. The Balaban J connectivity index is 1.81. The van der Waals surface area contributed by atoms with Crippen molar-refractivity contribution in [2.24, 2.45) is 0 Å². The van der Waals surface area contributed by atoms with E-state index in [1.54, 1.807) is 12.4 Å². The topological polar surface area (TPSA) is 112 Å². The molecule has 8 heteroatoms. The van der Waals surface area contributed by atoms with E-state index in [0.717, 1.165) is 17.2 Å². The number of nitrogen functional groups attached to an aromatic ring is 1. The van der Waals surface area contributed by atoms with Crippen LogP contribution in [0.5, 0.6) is 0 Å². The third-order valence-electron chi connectivity index (χ3n) is 3.30. The van der Waals surface area contributed by atoms with Crippen molar-refractivity contribution in [3.8, 4) is 5.82 Å². The summed E-state index contributed by atoms with van der Waals surface area (Å²) >= 11 is 0. The van der Waals surface area contributed by atoms with E-state index in [9.17, 15) is 4.79 Å². The maximum atomic E-state index is 12.2. The molecule has 0 radical (unpaired) electrons. The molecule has 3 N–H and O–H groups in total. The van der Waals surface area contributed by atoms with Crippen LogP contribution in [0, 0.1) is 6.92 Å². The fourth-order valence-electron chi connectivity index (χ4n) is 2.17. The number of aryl methyl sites for hydroxylation is 1. The Kier molecular flexibility index (Phi) is 3.96. The fourth-order valence-corrected chi connectivity index (χ4v) is 2.17. The van der Waals surface area contributed by atoms with Crippen molar-refractivity contribution in [1.29, 1.82) is 0 Å². The minimum Gasteiger partial charge on any atom is -0.382 e. The second kappa shape index (κ2) is 6.22. The average molecular weight is 309 g/mol. The first-order valence-electron chi connectivity index (χ1n) is 6.95. The van der Waals surface area contributed by atoms with Gasteiger partial charge in [0, 0.05) is 43.1 Å². The largest absolute Gasteiger partial charge is 0.382 e. The van der Waals surface area contributed by atoms with Crippen LogP contribution in [-0.4, -0.2) is 30.4 Å². The smallest absolute Gasteiger partial charge is 0.273 e. The van der Waals surface area contributed by atoms with Gasteiger partial charge in [-0.2, -0.15) is 0 Å². The van der Waals surface area contributed by atoms with Gasteiger partial charge in [0.05, 0.1) is 0 Å². The lowest BCUT2D eigenvalue weighted by Gasteiger charge is -2.11. The highest BCUT2D eigenvalue weighted by atomic mass is 16.1. The van der Waals surface area contributed by atoms with Crippen molar-refractivity contribution < 1.29 is 4.79 Å². The number of hydrogen-bond acceptors (Lipinski definition) is 6. The molecule has 0 aliphatic heterocycles. The van der Waals surface area contributed by atoms with E-state index in [1.165, 1.54) is 12.4 Å². The van der Waals surface area contributed by atoms with Crippen LogP contribution in [0.3, 0.4) is 0 Å². The molecule has 3 rings (SSSR count). The zero-order chi connectivity index (χ0) is 16.2. The molecular weight excluding hydrogens is 294 g/mol. The van der Waals surface area contributed by atoms with Gasteiger partial charge >= 0.3 is 0 Å². The maximum Gasteiger partial charge on any atom is 0.273 e. The summed E-state index contributed by atoms with van der Waals surface area (Å²) in [6.07, 6.45) is 8.08. The van der Waals surface area contributed by atoms with Crippen LogP contribution in [0.2, 0.25) is 0 Å². The van der Waals surface area contributed by atoms with Crippen molar-refractivity contribution in [1.82, 2.24) is 29.8 Å². The number of carbonyl (C=O) groups excluding carboxylic acids is 1. The minimum absolute atomic E-state index is 0.0989. The molecule has 23 heavy (non-hydrogen) atoms. The van der Waals surface area contributed by atoms with Gasteiger partial charge in [-0.05, 0) is 13.0 Å². The molecule has 0 atom stereocenters. The molecule has 116 valence electrons. The zero-order valence-corrected chi connectivity index (χ0v) is 12.5. The molecule has 0 saturated heterocycles. The second-order valence-corrected chi connectivity index (χ2v) is 4.80. The SMILES string of the molecule is Cc1nccn1-c1ncccc1CNC(=O)c1nccnc1N. The Labute approximate surface area is 132 Å². The predicted octanol–water partition coefficient (Wildman–Crippen LogP) is 0.878. The van der Waals surface area contributed by atoms with Gasteiger partial charge < -0.3 is 11.1 Å². The quantitative estimate of drug-likeness (QED) is 0.740. The lowest BCUT2D eigenvalue weighted by Crippen LogP contribution is -2.26. The van der Waals surface area contributed by atoms with Crippen LogP contribution in [0.15, 0.2) is 43.1 Å². The van der Waals surface area contributed by atoms with Crippen LogP contribution in [0.1, 0.15) is 21.9 Å². The van der Waals surface area contributed by atoms with Gasteiger partial charge in [0.2, 0.25) is 0 Å². The highest BCUT2D eigenvalue weighted by Crippen LogP contribution is 2.13.